The Labute approximate surface area is 258 Å². The van der Waals surface area contributed by atoms with Crippen molar-refractivity contribution in [3.8, 4) is 0 Å². The first kappa shape index (κ1) is 36.0. The van der Waals surface area contributed by atoms with Gasteiger partial charge in [0.15, 0.2) is 0 Å². The maximum atomic E-state index is 13.7. The van der Waals surface area contributed by atoms with Crippen LogP contribution in [0.25, 0.3) is 6.08 Å². The van der Waals surface area contributed by atoms with Crippen LogP contribution in [0, 0.1) is 11.8 Å². The highest BCUT2D eigenvalue weighted by Gasteiger charge is 2.34. The first-order chi connectivity index (χ1) is 20.1. The Morgan fingerprint density at radius 1 is 0.860 bits per heavy atom. The van der Waals surface area contributed by atoms with Crippen LogP contribution in [0.4, 0.5) is 4.79 Å². The number of amides is 3. The molecule has 238 valence electrons. The van der Waals surface area contributed by atoms with Crippen molar-refractivity contribution in [2.75, 3.05) is 0 Å². The van der Waals surface area contributed by atoms with Crippen molar-refractivity contribution in [1.29, 1.82) is 0 Å². The molecule has 4 atom stereocenters. The monoisotopic (exact) mass is 614 g/mol. The molecule has 43 heavy (non-hydrogen) atoms. The molecule has 3 amide bonds. The number of hydrogen-bond donors (Lipinski definition) is 5. The fourth-order valence-corrected chi connectivity index (χ4v) is 5.65. The van der Waals surface area contributed by atoms with Gasteiger partial charge in [-0.25, -0.2) is 13.2 Å². The number of benzene rings is 2. The molecule has 0 heterocycles. The van der Waals surface area contributed by atoms with Crippen molar-refractivity contribution in [3.63, 3.8) is 0 Å². The lowest BCUT2D eigenvalue weighted by Gasteiger charge is -2.34. The highest BCUT2D eigenvalue weighted by molar-refractivity contribution is 7.92. The lowest BCUT2D eigenvalue weighted by Crippen LogP contribution is -2.60. The quantitative estimate of drug-likeness (QED) is 0.200. The van der Waals surface area contributed by atoms with E-state index >= 15 is 0 Å². The van der Waals surface area contributed by atoms with Gasteiger partial charge in [-0.3, -0.25) is 4.79 Å². The molecule has 0 spiro atoms. The molecule has 0 fully saturated rings. The average Bonchev–Trinajstić information content (AvgIpc) is 2.92. The topological polar surface area (TPSA) is 137 Å². The minimum absolute atomic E-state index is 0.278. The molecule has 0 aliphatic rings. The van der Waals surface area contributed by atoms with E-state index in [9.17, 15) is 23.1 Å². The molecule has 2 rings (SSSR count). The second kappa shape index (κ2) is 16.6. The van der Waals surface area contributed by atoms with E-state index in [1.165, 1.54) is 6.08 Å². The summed E-state index contributed by atoms with van der Waals surface area (Å²) in [6, 6.07) is 15.4. The predicted octanol–water partition coefficient (Wildman–Crippen LogP) is 4.59. The molecule has 10 heteroatoms. The number of rotatable bonds is 15. The van der Waals surface area contributed by atoms with Crippen LogP contribution in [0.3, 0.4) is 0 Å². The first-order valence-electron chi connectivity index (χ1n) is 14.9. The molecule has 2 aromatic carbocycles. The lowest BCUT2D eigenvalue weighted by molar-refractivity contribution is -0.125. The maximum Gasteiger partial charge on any atom is 0.315 e. The van der Waals surface area contributed by atoms with Crippen molar-refractivity contribution >= 4 is 28.0 Å². The second-order valence-electron chi connectivity index (χ2n) is 12.8. The van der Waals surface area contributed by atoms with Gasteiger partial charge < -0.3 is 21.1 Å². The number of hydrogen-bond acceptors (Lipinski definition) is 5. The van der Waals surface area contributed by atoms with Gasteiger partial charge in [0.25, 0.3) is 0 Å². The third-order valence-electron chi connectivity index (χ3n) is 6.79. The molecule has 0 aromatic heterocycles. The Morgan fingerprint density at radius 3 is 1.98 bits per heavy atom. The van der Waals surface area contributed by atoms with Crippen LogP contribution in [0.2, 0.25) is 0 Å². The van der Waals surface area contributed by atoms with Gasteiger partial charge in [-0.2, -0.15) is 4.72 Å². The van der Waals surface area contributed by atoms with Crippen molar-refractivity contribution < 1.29 is 23.1 Å². The normalized spacial score (nSPS) is 15.2. The fourth-order valence-electron chi connectivity index (χ4n) is 4.51. The second-order valence-corrected chi connectivity index (χ2v) is 14.4. The largest absolute Gasteiger partial charge is 0.389 e. The van der Waals surface area contributed by atoms with Gasteiger partial charge in [0.1, 0.15) is 6.04 Å². The molecule has 0 saturated heterocycles. The van der Waals surface area contributed by atoms with E-state index < -0.39 is 51.7 Å². The number of aliphatic hydroxyl groups is 1. The summed E-state index contributed by atoms with van der Waals surface area (Å²) in [7, 11) is -3.97. The number of carbonyl (C=O) groups excluding carboxylic acids is 2. The van der Waals surface area contributed by atoms with Crippen LogP contribution in [0.15, 0.2) is 66.1 Å². The van der Waals surface area contributed by atoms with Crippen molar-refractivity contribution in [2.45, 2.75) is 97.5 Å². The molecule has 9 nitrogen and oxygen atoms in total. The third kappa shape index (κ3) is 13.8. The van der Waals surface area contributed by atoms with Crippen LogP contribution < -0.4 is 20.7 Å². The molecular weight excluding hydrogens is 564 g/mol. The summed E-state index contributed by atoms with van der Waals surface area (Å²) in [5.41, 5.74) is 1.10. The van der Waals surface area contributed by atoms with Gasteiger partial charge in [-0.05, 0) is 69.1 Å². The molecular formula is C33H50N4O5S. The van der Waals surface area contributed by atoms with Gasteiger partial charge in [-0.1, -0.05) is 88.4 Å². The molecule has 2 aromatic rings. The highest BCUT2D eigenvalue weighted by atomic mass is 32.2. The highest BCUT2D eigenvalue weighted by Crippen LogP contribution is 2.17. The summed E-state index contributed by atoms with van der Waals surface area (Å²) in [5, 5.41) is 21.5. The van der Waals surface area contributed by atoms with E-state index in [4.69, 9.17) is 0 Å². The van der Waals surface area contributed by atoms with E-state index in [-0.39, 0.29) is 12.3 Å². The van der Waals surface area contributed by atoms with Gasteiger partial charge in [-0.15, -0.1) is 0 Å². The Morgan fingerprint density at radius 2 is 1.44 bits per heavy atom. The zero-order chi connectivity index (χ0) is 32.2. The van der Waals surface area contributed by atoms with Crippen LogP contribution >= 0.6 is 0 Å². The molecule has 0 aliphatic carbocycles. The van der Waals surface area contributed by atoms with E-state index in [2.05, 4.69) is 34.5 Å². The summed E-state index contributed by atoms with van der Waals surface area (Å²) in [6.45, 7) is 13.2. The standard InChI is InChI=1S/C33H50N4O5S/c1-23(2)18-19-27(35-32(40)36-33(5,6)7)30(38)28(22-26-16-12-9-13-17-26)34-31(39)29(24(3)4)37-43(41,42)21-20-25-14-10-8-11-15-25/h8-17,20-21,23-24,27-30,37-38H,18-19,22H2,1-7H3,(H,34,39)(H2,35,36,40)/t27?,28-,29-,30-/m0/s1. The Balaban J connectivity index is 2.33. The zero-order valence-corrected chi connectivity index (χ0v) is 27.3. The average molecular weight is 615 g/mol. The lowest BCUT2D eigenvalue weighted by atomic mass is 9.91. The van der Waals surface area contributed by atoms with Gasteiger partial charge in [0.05, 0.1) is 18.2 Å². The number of sulfonamides is 1. The minimum atomic E-state index is -3.97. The maximum absolute atomic E-state index is 13.7. The van der Waals surface area contributed by atoms with Gasteiger partial charge >= 0.3 is 6.03 Å². The molecule has 5 N–H and O–H groups in total. The van der Waals surface area contributed by atoms with Crippen molar-refractivity contribution in [2.24, 2.45) is 11.8 Å². The van der Waals surface area contributed by atoms with E-state index in [0.717, 1.165) is 17.4 Å². The summed E-state index contributed by atoms with van der Waals surface area (Å²) in [6.07, 6.45) is 1.82. The van der Waals surface area contributed by atoms with E-state index in [1.807, 2.05) is 57.2 Å². The van der Waals surface area contributed by atoms with Crippen molar-refractivity contribution in [3.05, 3.63) is 77.2 Å². The molecule has 0 bridgehead atoms. The smallest absolute Gasteiger partial charge is 0.315 e. The van der Waals surface area contributed by atoms with Crippen LogP contribution in [0.5, 0.6) is 0 Å². The fraction of sp³-hybridized carbons (Fsp3) is 0.515. The summed E-state index contributed by atoms with van der Waals surface area (Å²) >= 11 is 0. The molecule has 0 saturated carbocycles. The summed E-state index contributed by atoms with van der Waals surface area (Å²) in [4.78, 5) is 26.5. The first-order valence-corrected chi connectivity index (χ1v) is 16.5. The molecule has 0 radical (unpaired) electrons. The van der Waals surface area contributed by atoms with Crippen LogP contribution in [0.1, 0.15) is 72.4 Å². The van der Waals surface area contributed by atoms with Gasteiger partial charge in [0.2, 0.25) is 15.9 Å². The minimum Gasteiger partial charge on any atom is -0.389 e. The van der Waals surface area contributed by atoms with Crippen LogP contribution in [-0.2, 0) is 21.2 Å². The summed E-state index contributed by atoms with van der Waals surface area (Å²) in [5.74, 6) is -0.622. The predicted molar refractivity (Wildman–Crippen MR) is 174 cm³/mol. The van der Waals surface area contributed by atoms with E-state index in [1.54, 1.807) is 38.1 Å². The van der Waals surface area contributed by atoms with E-state index in [0.29, 0.717) is 17.9 Å². The SMILES string of the molecule is CC(C)CCC(NC(=O)NC(C)(C)C)[C@H](O)[C@H](Cc1ccccc1)NC(=O)[C@@H](NS(=O)(=O)C=Cc1ccccc1)C(C)C. The number of nitrogens with one attached hydrogen (secondary N) is 4. The van der Waals surface area contributed by atoms with Crippen LogP contribution in [-0.4, -0.2) is 55.2 Å². The number of aliphatic hydroxyl groups excluding tert-OH is 1. The third-order valence-corrected chi connectivity index (χ3v) is 7.87. The molecule has 0 aliphatic heterocycles. The number of carbonyl (C=O) groups is 2. The Kier molecular flexibility index (Phi) is 13.9. The molecule has 1 unspecified atom stereocenters. The zero-order valence-electron chi connectivity index (χ0n) is 26.5. The Bertz CT molecular complexity index is 1280. The Hall–Kier alpha value is -3.21. The number of urea groups is 1. The van der Waals surface area contributed by atoms with Gasteiger partial charge in [0, 0.05) is 10.9 Å². The summed E-state index contributed by atoms with van der Waals surface area (Å²) < 4.78 is 28.4. The van der Waals surface area contributed by atoms with Crippen molar-refractivity contribution in [1.82, 2.24) is 20.7 Å².